The lowest BCUT2D eigenvalue weighted by Gasteiger charge is -2.28. The Morgan fingerprint density at radius 1 is 0.324 bits per heavy atom. The standard InChI is InChI=1S/C62H84O12/c1-17-67-51(63)35-71-55-39-21-22-40-28-49(61(11,12)13)33-45(57(40)73-37-53(65)69-19-3)26-46-34-50(62(14,15)16)30-42(58(46)74-38-54(66)70-20-4)24-23-41-29-48(60(8,9)10)32-44(56(41)72-36-52(64)68-18-2)25-43(55)31-47(27-39)59(5,6)7/h27-34H,17-26,35-38H2,1-16H3. The van der Waals surface area contributed by atoms with Crippen LogP contribution in [0.1, 0.15) is 178 Å². The molecule has 0 amide bonds. The zero-order chi connectivity index (χ0) is 54.8. The number of rotatable bonds is 16. The molecule has 8 bridgehead atoms. The Morgan fingerprint density at radius 2 is 0.500 bits per heavy atom. The number of hydrogen-bond acceptors (Lipinski definition) is 12. The highest BCUT2D eigenvalue weighted by Crippen LogP contribution is 2.43. The zero-order valence-electron chi connectivity index (χ0n) is 47.4. The normalized spacial score (nSPS) is 13.2. The second-order valence-electron chi connectivity index (χ2n) is 23.2. The van der Waals surface area contributed by atoms with Crippen molar-refractivity contribution in [1.29, 1.82) is 0 Å². The fourth-order valence-electron chi connectivity index (χ4n) is 9.04. The summed E-state index contributed by atoms with van der Waals surface area (Å²) >= 11 is 0. The van der Waals surface area contributed by atoms with Crippen molar-refractivity contribution in [3.8, 4) is 23.0 Å². The maximum Gasteiger partial charge on any atom is 0.344 e. The molecule has 12 nitrogen and oxygen atoms in total. The fourth-order valence-corrected chi connectivity index (χ4v) is 9.04. The third kappa shape index (κ3) is 16.0. The van der Waals surface area contributed by atoms with E-state index in [0.29, 0.717) is 61.5 Å². The van der Waals surface area contributed by atoms with E-state index in [1.54, 1.807) is 27.7 Å². The summed E-state index contributed by atoms with van der Waals surface area (Å²) in [5.74, 6) is 0.260. The van der Waals surface area contributed by atoms with Crippen LogP contribution in [0.15, 0.2) is 48.5 Å². The molecule has 0 aromatic heterocycles. The lowest BCUT2D eigenvalue weighted by Crippen LogP contribution is -2.20. The van der Waals surface area contributed by atoms with Crippen LogP contribution < -0.4 is 18.9 Å². The Hall–Kier alpha value is -6.04. The van der Waals surface area contributed by atoms with Crippen molar-refractivity contribution in [3.05, 3.63) is 115 Å². The number of aryl methyl sites for hydroxylation is 4. The number of carbonyl (C=O) groups excluding carboxylic acids is 4. The smallest absolute Gasteiger partial charge is 0.344 e. The summed E-state index contributed by atoms with van der Waals surface area (Å²) in [6, 6.07) is 17.3. The lowest BCUT2D eigenvalue weighted by atomic mass is 9.80. The molecule has 0 saturated carbocycles. The van der Waals surface area contributed by atoms with Crippen LogP contribution in [0, 0.1) is 0 Å². The van der Waals surface area contributed by atoms with Gasteiger partial charge in [-0.25, -0.2) is 19.2 Å². The molecular weight excluding hydrogens is 937 g/mol. The summed E-state index contributed by atoms with van der Waals surface area (Å²) in [6.45, 7) is 32.7. The summed E-state index contributed by atoms with van der Waals surface area (Å²) < 4.78 is 48.2. The van der Waals surface area contributed by atoms with E-state index < -0.39 is 23.9 Å². The van der Waals surface area contributed by atoms with Gasteiger partial charge in [-0.15, -0.1) is 0 Å². The van der Waals surface area contributed by atoms with Gasteiger partial charge in [-0.2, -0.15) is 0 Å². The molecule has 0 saturated heterocycles. The van der Waals surface area contributed by atoms with Gasteiger partial charge in [-0.3, -0.25) is 0 Å². The minimum atomic E-state index is -0.491. The number of ether oxygens (including phenoxy) is 8. The molecule has 0 heterocycles. The zero-order valence-corrected chi connectivity index (χ0v) is 47.4. The van der Waals surface area contributed by atoms with Gasteiger partial charge in [-0.1, -0.05) is 132 Å². The van der Waals surface area contributed by atoms with Crippen LogP contribution in [0.5, 0.6) is 23.0 Å². The van der Waals surface area contributed by atoms with Crippen LogP contribution in [0.3, 0.4) is 0 Å². The van der Waals surface area contributed by atoms with Crippen molar-refractivity contribution >= 4 is 23.9 Å². The van der Waals surface area contributed by atoms with E-state index in [1.807, 2.05) is 0 Å². The first kappa shape index (κ1) is 58.8. The molecule has 0 N–H and O–H groups in total. The average molecular weight is 1020 g/mol. The van der Waals surface area contributed by atoms with Crippen LogP contribution in [-0.4, -0.2) is 76.7 Å². The molecule has 0 atom stereocenters. The molecule has 5 rings (SSSR count). The molecule has 4 aromatic rings. The second kappa shape index (κ2) is 25.0. The highest BCUT2D eigenvalue weighted by Gasteiger charge is 2.29. The van der Waals surface area contributed by atoms with Gasteiger partial charge >= 0.3 is 23.9 Å². The van der Waals surface area contributed by atoms with Gasteiger partial charge in [0.1, 0.15) is 23.0 Å². The monoisotopic (exact) mass is 1020 g/mol. The van der Waals surface area contributed by atoms with Gasteiger partial charge in [0.2, 0.25) is 0 Å². The third-order valence-corrected chi connectivity index (χ3v) is 13.1. The van der Waals surface area contributed by atoms with Gasteiger partial charge in [0, 0.05) is 12.8 Å². The first-order valence-electron chi connectivity index (χ1n) is 26.4. The lowest BCUT2D eigenvalue weighted by molar-refractivity contribution is -0.146. The summed E-state index contributed by atoms with van der Waals surface area (Å²) in [5, 5.41) is 0. The second-order valence-corrected chi connectivity index (χ2v) is 23.2. The number of fused-ring (bicyclic) bond motifs is 8. The highest BCUT2D eigenvalue weighted by atomic mass is 16.6. The third-order valence-electron chi connectivity index (χ3n) is 13.1. The van der Waals surface area contributed by atoms with E-state index >= 15 is 0 Å². The molecular formula is C62H84O12. The minimum absolute atomic E-state index is 0.204. The summed E-state index contributed by atoms with van der Waals surface area (Å²) in [7, 11) is 0. The Labute approximate surface area is 441 Å². The minimum Gasteiger partial charge on any atom is -0.481 e. The number of benzene rings is 4. The molecule has 0 spiro atoms. The maximum atomic E-state index is 13.2. The molecule has 0 unspecified atom stereocenters. The summed E-state index contributed by atoms with van der Waals surface area (Å²) in [6.07, 6.45) is 2.45. The first-order valence-corrected chi connectivity index (χ1v) is 26.4. The van der Waals surface area contributed by atoms with Crippen molar-refractivity contribution in [2.75, 3.05) is 52.9 Å². The molecule has 404 valence electrons. The predicted molar refractivity (Wildman–Crippen MR) is 290 cm³/mol. The van der Waals surface area contributed by atoms with E-state index in [2.05, 4.69) is 132 Å². The van der Waals surface area contributed by atoms with E-state index in [4.69, 9.17) is 37.9 Å². The summed E-state index contributed by atoms with van der Waals surface area (Å²) in [4.78, 5) is 52.6. The quantitative estimate of drug-likeness (QED) is 0.0779. The van der Waals surface area contributed by atoms with Crippen LogP contribution >= 0.6 is 0 Å². The largest absolute Gasteiger partial charge is 0.481 e. The molecule has 0 radical (unpaired) electrons. The maximum absolute atomic E-state index is 13.2. The van der Waals surface area contributed by atoms with Gasteiger partial charge in [0.15, 0.2) is 26.4 Å². The van der Waals surface area contributed by atoms with E-state index in [-0.39, 0.29) is 74.5 Å². The van der Waals surface area contributed by atoms with Crippen molar-refractivity contribution in [3.63, 3.8) is 0 Å². The Morgan fingerprint density at radius 3 is 0.662 bits per heavy atom. The van der Waals surface area contributed by atoms with Crippen LogP contribution in [-0.2, 0) is 98.3 Å². The Bertz CT molecular complexity index is 2270. The SMILES string of the molecule is CCOC(=O)COc1c2cc(C(C)(C)C)cc1Cc1cc(C(C)(C)C)cc(c1OCC(=O)OCC)CCc1cc(C(C)(C)C)cc(c1OCC(=O)OCC)Cc1cc(C(C)(C)C)cc(c1OCC(=O)OCC)CC2. The number of esters is 4. The van der Waals surface area contributed by atoms with Crippen LogP contribution in [0.2, 0.25) is 0 Å². The Balaban J connectivity index is 1.96. The van der Waals surface area contributed by atoms with E-state index in [9.17, 15) is 19.2 Å². The Kier molecular flexibility index (Phi) is 19.9. The van der Waals surface area contributed by atoms with Crippen molar-refractivity contribution in [2.24, 2.45) is 0 Å². The van der Waals surface area contributed by atoms with E-state index in [0.717, 1.165) is 66.8 Å². The number of hydrogen-bond donors (Lipinski definition) is 0. The van der Waals surface area contributed by atoms with Gasteiger partial charge in [0.05, 0.1) is 26.4 Å². The fraction of sp³-hybridized carbons (Fsp3) is 0.548. The van der Waals surface area contributed by atoms with Gasteiger partial charge in [0.25, 0.3) is 0 Å². The summed E-state index contributed by atoms with van der Waals surface area (Å²) in [5.41, 5.74) is 9.83. The van der Waals surface area contributed by atoms with Gasteiger partial charge in [-0.05, 0) is 142 Å². The van der Waals surface area contributed by atoms with Crippen LogP contribution in [0.25, 0.3) is 0 Å². The van der Waals surface area contributed by atoms with Crippen molar-refractivity contribution in [1.82, 2.24) is 0 Å². The average Bonchev–Trinajstić information content (AvgIpc) is 3.29. The molecule has 0 fully saturated rings. The molecule has 4 aromatic carbocycles. The first-order chi connectivity index (χ1) is 34.7. The molecule has 12 heteroatoms. The molecule has 0 aliphatic heterocycles. The molecule has 74 heavy (non-hydrogen) atoms. The molecule has 1 aliphatic rings. The molecule has 1 aliphatic carbocycles. The highest BCUT2D eigenvalue weighted by molar-refractivity contribution is 5.73. The number of carbonyl (C=O) groups is 4. The van der Waals surface area contributed by atoms with Crippen LogP contribution in [0.4, 0.5) is 0 Å². The van der Waals surface area contributed by atoms with E-state index in [1.165, 1.54) is 0 Å². The van der Waals surface area contributed by atoms with Crippen molar-refractivity contribution < 1.29 is 57.1 Å². The van der Waals surface area contributed by atoms with Crippen molar-refractivity contribution in [2.45, 2.75) is 171 Å². The predicted octanol–water partition coefficient (Wildman–Crippen LogP) is 11.7. The topological polar surface area (TPSA) is 142 Å². The van der Waals surface area contributed by atoms with Gasteiger partial charge < -0.3 is 37.9 Å².